The zero-order valence-corrected chi connectivity index (χ0v) is 12.0. The van der Waals surface area contributed by atoms with E-state index in [1.807, 2.05) is 12.1 Å². The van der Waals surface area contributed by atoms with Gasteiger partial charge in [-0.25, -0.2) is 4.39 Å². The monoisotopic (exact) mass is 273 g/mol. The molecule has 108 valence electrons. The third kappa shape index (κ3) is 2.76. The lowest BCUT2D eigenvalue weighted by Gasteiger charge is -2.37. The molecule has 3 aliphatic carbocycles. The predicted molar refractivity (Wildman–Crippen MR) is 79.1 cm³/mol. The molecule has 0 bridgehead atoms. The fourth-order valence-electron chi connectivity index (χ4n) is 3.86. The second kappa shape index (κ2) is 5.14. The van der Waals surface area contributed by atoms with Gasteiger partial charge < -0.3 is 5.32 Å². The topological polar surface area (TPSA) is 12.0 Å². The van der Waals surface area contributed by atoms with Crippen LogP contribution in [0.3, 0.4) is 0 Å². The fraction of sp³-hybridized carbons (Fsp3) is 0.667. The van der Waals surface area contributed by atoms with Crippen molar-refractivity contribution in [3.05, 3.63) is 35.6 Å². The average molecular weight is 273 g/mol. The molecule has 0 unspecified atom stereocenters. The molecule has 0 radical (unpaired) electrons. The third-order valence-corrected chi connectivity index (χ3v) is 5.58. The van der Waals surface area contributed by atoms with Gasteiger partial charge in [0, 0.05) is 6.04 Å². The number of halogens is 1. The van der Waals surface area contributed by atoms with E-state index in [0.717, 1.165) is 17.8 Å². The Balaban J connectivity index is 1.23. The van der Waals surface area contributed by atoms with Crippen molar-refractivity contribution in [3.63, 3.8) is 0 Å². The van der Waals surface area contributed by atoms with Crippen LogP contribution >= 0.6 is 0 Å². The van der Waals surface area contributed by atoms with Crippen molar-refractivity contribution in [2.45, 2.75) is 50.5 Å². The van der Waals surface area contributed by atoms with Crippen LogP contribution in [0.25, 0.3) is 0 Å². The Morgan fingerprint density at radius 1 is 1.00 bits per heavy atom. The second-order valence-electron chi connectivity index (χ2n) is 7.16. The molecule has 4 rings (SSSR count). The first-order chi connectivity index (χ1) is 9.79. The Bertz CT molecular complexity index is 443. The fourth-order valence-corrected chi connectivity index (χ4v) is 3.86. The van der Waals surface area contributed by atoms with E-state index >= 15 is 0 Å². The van der Waals surface area contributed by atoms with E-state index in [1.54, 1.807) is 12.1 Å². The van der Waals surface area contributed by atoms with E-state index in [1.165, 1.54) is 50.6 Å². The molecular weight excluding hydrogens is 249 g/mol. The minimum absolute atomic E-state index is 0.126. The van der Waals surface area contributed by atoms with Gasteiger partial charge in [-0.2, -0.15) is 0 Å². The summed E-state index contributed by atoms with van der Waals surface area (Å²) >= 11 is 0. The first-order valence-electron chi connectivity index (χ1n) is 8.28. The van der Waals surface area contributed by atoms with Gasteiger partial charge in [-0.1, -0.05) is 12.1 Å². The van der Waals surface area contributed by atoms with Gasteiger partial charge in [0.05, 0.1) is 0 Å². The summed E-state index contributed by atoms with van der Waals surface area (Å²) in [6, 6.07) is 7.78. The molecule has 20 heavy (non-hydrogen) atoms. The van der Waals surface area contributed by atoms with Gasteiger partial charge in [-0.15, -0.1) is 0 Å². The SMILES string of the molecule is Fc1ccc(C2CC(NCC(C3CC3)C3CC3)C2)cc1. The van der Waals surface area contributed by atoms with E-state index in [-0.39, 0.29) is 5.82 Å². The molecule has 0 atom stereocenters. The maximum absolute atomic E-state index is 12.9. The average Bonchev–Trinajstić information content (AvgIpc) is 3.25. The van der Waals surface area contributed by atoms with Gasteiger partial charge in [0.25, 0.3) is 0 Å². The van der Waals surface area contributed by atoms with Crippen molar-refractivity contribution < 1.29 is 4.39 Å². The molecule has 1 nitrogen and oxygen atoms in total. The van der Waals surface area contributed by atoms with Gasteiger partial charge in [0.15, 0.2) is 0 Å². The molecule has 3 aliphatic rings. The summed E-state index contributed by atoms with van der Waals surface area (Å²) in [5, 5.41) is 3.80. The van der Waals surface area contributed by atoms with Crippen molar-refractivity contribution in [2.24, 2.45) is 17.8 Å². The van der Waals surface area contributed by atoms with Gasteiger partial charge in [-0.3, -0.25) is 0 Å². The summed E-state index contributed by atoms with van der Waals surface area (Å²) in [5.74, 6) is 3.58. The quantitative estimate of drug-likeness (QED) is 0.823. The molecule has 1 aromatic rings. The van der Waals surface area contributed by atoms with E-state index in [0.29, 0.717) is 12.0 Å². The van der Waals surface area contributed by atoms with Gasteiger partial charge in [-0.05, 0) is 86.4 Å². The largest absolute Gasteiger partial charge is 0.314 e. The van der Waals surface area contributed by atoms with E-state index < -0.39 is 0 Å². The lowest BCUT2D eigenvalue weighted by atomic mass is 9.75. The minimum Gasteiger partial charge on any atom is -0.314 e. The molecule has 3 saturated carbocycles. The minimum atomic E-state index is -0.126. The van der Waals surface area contributed by atoms with E-state index in [2.05, 4.69) is 5.32 Å². The lowest BCUT2D eigenvalue weighted by molar-refractivity contribution is 0.259. The van der Waals surface area contributed by atoms with Crippen LogP contribution in [0.4, 0.5) is 4.39 Å². The van der Waals surface area contributed by atoms with Crippen molar-refractivity contribution in [1.82, 2.24) is 5.32 Å². The number of benzene rings is 1. The first-order valence-corrected chi connectivity index (χ1v) is 8.28. The Morgan fingerprint density at radius 3 is 2.15 bits per heavy atom. The van der Waals surface area contributed by atoms with Gasteiger partial charge in [0.2, 0.25) is 0 Å². The van der Waals surface area contributed by atoms with Gasteiger partial charge >= 0.3 is 0 Å². The molecule has 0 saturated heterocycles. The molecule has 3 fully saturated rings. The molecule has 1 N–H and O–H groups in total. The number of hydrogen-bond donors (Lipinski definition) is 1. The van der Waals surface area contributed by atoms with Crippen LogP contribution in [0.2, 0.25) is 0 Å². The Morgan fingerprint density at radius 2 is 1.60 bits per heavy atom. The Labute approximate surface area is 121 Å². The standard InChI is InChI=1S/C18H24FN/c19-16-7-5-12(6-8-16)15-9-17(10-15)20-11-18(13-1-2-13)14-3-4-14/h5-8,13-15,17-18,20H,1-4,9-11H2. The predicted octanol–water partition coefficient (Wildman–Crippen LogP) is 4.10. The number of hydrogen-bond acceptors (Lipinski definition) is 1. The van der Waals surface area contributed by atoms with Crippen molar-refractivity contribution >= 4 is 0 Å². The van der Waals surface area contributed by atoms with Gasteiger partial charge in [0.1, 0.15) is 5.82 Å². The maximum atomic E-state index is 12.9. The maximum Gasteiger partial charge on any atom is 0.123 e. The summed E-state index contributed by atoms with van der Waals surface area (Å²) in [6.45, 7) is 1.25. The van der Waals surface area contributed by atoms with Crippen molar-refractivity contribution in [3.8, 4) is 0 Å². The molecular formula is C18H24FN. The lowest BCUT2D eigenvalue weighted by Crippen LogP contribution is -2.42. The molecule has 0 amide bonds. The van der Waals surface area contributed by atoms with Crippen LogP contribution in [0.5, 0.6) is 0 Å². The van der Waals surface area contributed by atoms with Crippen LogP contribution < -0.4 is 5.32 Å². The second-order valence-corrected chi connectivity index (χ2v) is 7.16. The molecule has 0 aliphatic heterocycles. The highest BCUT2D eigenvalue weighted by molar-refractivity contribution is 5.23. The molecule has 0 spiro atoms. The highest BCUT2D eigenvalue weighted by atomic mass is 19.1. The summed E-state index contributed by atoms with van der Waals surface area (Å²) in [6.07, 6.45) is 8.37. The van der Waals surface area contributed by atoms with E-state index in [9.17, 15) is 4.39 Å². The van der Waals surface area contributed by atoms with Crippen LogP contribution in [-0.4, -0.2) is 12.6 Å². The Kier molecular flexibility index (Phi) is 3.30. The third-order valence-electron chi connectivity index (χ3n) is 5.58. The number of rotatable bonds is 6. The Hall–Kier alpha value is -0.890. The summed E-state index contributed by atoms with van der Waals surface area (Å²) in [7, 11) is 0. The number of nitrogens with one attached hydrogen (secondary N) is 1. The summed E-state index contributed by atoms with van der Waals surface area (Å²) in [5.41, 5.74) is 1.31. The highest BCUT2D eigenvalue weighted by Crippen LogP contribution is 2.49. The summed E-state index contributed by atoms with van der Waals surface area (Å²) in [4.78, 5) is 0. The smallest absolute Gasteiger partial charge is 0.123 e. The summed E-state index contributed by atoms with van der Waals surface area (Å²) < 4.78 is 12.9. The van der Waals surface area contributed by atoms with Crippen LogP contribution in [0.1, 0.15) is 50.0 Å². The molecule has 0 aromatic heterocycles. The van der Waals surface area contributed by atoms with E-state index in [4.69, 9.17) is 0 Å². The molecule has 2 heteroatoms. The highest BCUT2D eigenvalue weighted by Gasteiger charge is 2.41. The zero-order valence-electron chi connectivity index (χ0n) is 12.0. The first kappa shape index (κ1) is 12.8. The van der Waals surface area contributed by atoms with Crippen LogP contribution in [0.15, 0.2) is 24.3 Å². The van der Waals surface area contributed by atoms with Crippen LogP contribution in [0, 0.1) is 23.6 Å². The normalized spacial score (nSPS) is 29.5. The molecule has 1 aromatic carbocycles. The van der Waals surface area contributed by atoms with Crippen molar-refractivity contribution in [1.29, 1.82) is 0 Å². The molecule has 0 heterocycles. The van der Waals surface area contributed by atoms with Crippen LogP contribution in [-0.2, 0) is 0 Å². The van der Waals surface area contributed by atoms with Crippen molar-refractivity contribution in [2.75, 3.05) is 6.54 Å². The zero-order chi connectivity index (χ0) is 13.5.